The first-order chi connectivity index (χ1) is 8.69. The highest BCUT2D eigenvalue weighted by Crippen LogP contribution is 2.41. The smallest absolute Gasteiger partial charge is 0.109 e. The van der Waals surface area contributed by atoms with E-state index in [0.717, 1.165) is 12.1 Å². The van der Waals surface area contributed by atoms with Gasteiger partial charge in [0.25, 0.3) is 0 Å². The van der Waals surface area contributed by atoms with Crippen LogP contribution in [0.5, 0.6) is 0 Å². The predicted molar refractivity (Wildman–Crippen MR) is 72.6 cm³/mol. The zero-order chi connectivity index (χ0) is 12.7. The minimum atomic E-state index is 0.356. The standard InChI is InChI=1S/C14H24N4/c1-9(15-2)13-8-16-14(17-13)10-6-11-4-5-12(7-10)18(11)3/h8-12,15H,4-7H2,1-3H3,(H,16,17). The zero-order valence-corrected chi connectivity index (χ0v) is 11.6. The molecule has 3 heterocycles. The summed E-state index contributed by atoms with van der Waals surface area (Å²) in [7, 11) is 4.27. The van der Waals surface area contributed by atoms with Crippen molar-refractivity contribution in [2.45, 2.75) is 56.7 Å². The highest BCUT2D eigenvalue weighted by Gasteiger charge is 2.39. The van der Waals surface area contributed by atoms with Crippen molar-refractivity contribution in [3.05, 3.63) is 17.7 Å². The molecule has 18 heavy (non-hydrogen) atoms. The first-order valence-electron chi connectivity index (χ1n) is 7.13. The second kappa shape index (κ2) is 4.67. The molecule has 0 aliphatic carbocycles. The third kappa shape index (κ3) is 1.97. The van der Waals surface area contributed by atoms with Gasteiger partial charge in [0.05, 0.1) is 5.69 Å². The Kier molecular flexibility index (Phi) is 3.16. The largest absolute Gasteiger partial charge is 0.344 e. The quantitative estimate of drug-likeness (QED) is 0.860. The van der Waals surface area contributed by atoms with Crippen LogP contribution in [0.2, 0.25) is 0 Å². The highest BCUT2D eigenvalue weighted by atomic mass is 15.2. The summed E-state index contributed by atoms with van der Waals surface area (Å²) in [5.41, 5.74) is 1.21. The molecular formula is C14H24N4. The molecule has 4 nitrogen and oxygen atoms in total. The maximum Gasteiger partial charge on any atom is 0.109 e. The Labute approximate surface area is 109 Å². The van der Waals surface area contributed by atoms with E-state index in [1.165, 1.54) is 37.2 Å². The molecule has 0 amide bonds. The van der Waals surface area contributed by atoms with E-state index in [-0.39, 0.29) is 0 Å². The molecule has 1 aromatic rings. The lowest BCUT2D eigenvalue weighted by molar-refractivity contribution is 0.159. The van der Waals surface area contributed by atoms with E-state index in [2.05, 4.69) is 34.2 Å². The lowest BCUT2D eigenvalue weighted by Gasteiger charge is -2.35. The molecule has 4 heteroatoms. The van der Waals surface area contributed by atoms with Gasteiger partial charge in [0.2, 0.25) is 0 Å². The summed E-state index contributed by atoms with van der Waals surface area (Å²) in [6, 6.07) is 1.92. The second-order valence-corrected chi connectivity index (χ2v) is 5.95. The van der Waals surface area contributed by atoms with E-state index in [1.54, 1.807) is 0 Å². The van der Waals surface area contributed by atoms with Crippen molar-refractivity contribution in [1.29, 1.82) is 0 Å². The molecule has 3 atom stereocenters. The lowest BCUT2D eigenvalue weighted by atomic mass is 9.90. The molecule has 100 valence electrons. The fourth-order valence-corrected chi connectivity index (χ4v) is 3.57. The number of imidazole rings is 1. The number of H-pyrrole nitrogens is 1. The summed E-state index contributed by atoms with van der Waals surface area (Å²) in [6.45, 7) is 2.16. The van der Waals surface area contributed by atoms with E-state index in [4.69, 9.17) is 0 Å². The van der Waals surface area contributed by atoms with E-state index < -0.39 is 0 Å². The van der Waals surface area contributed by atoms with E-state index >= 15 is 0 Å². The molecule has 2 bridgehead atoms. The van der Waals surface area contributed by atoms with Crippen molar-refractivity contribution in [3.8, 4) is 0 Å². The number of fused-ring (bicyclic) bond motifs is 2. The van der Waals surface area contributed by atoms with E-state index in [0.29, 0.717) is 12.0 Å². The van der Waals surface area contributed by atoms with Crippen LogP contribution >= 0.6 is 0 Å². The number of hydrogen-bond donors (Lipinski definition) is 2. The minimum Gasteiger partial charge on any atom is -0.344 e. The maximum atomic E-state index is 4.62. The van der Waals surface area contributed by atoms with Gasteiger partial charge in [0.1, 0.15) is 5.82 Å². The Morgan fingerprint density at radius 3 is 2.67 bits per heavy atom. The topological polar surface area (TPSA) is 44.0 Å². The Morgan fingerprint density at radius 1 is 1.39 bits per heavy atom. The van der Waals surface area contributed by atoms with Gasteiger partial charge in [0.15, 0.2) is 0 Å². The van der Waals surface area contributed by atoms with Crippen LogP contribution in [0, 0.1) is 0 Å². The average Bonchev–Trinajstić information content (AvgIpc) is 2.92. The number of aromatic nitrogens is 2. The van der Waals surface area contributed by atoms with E-state index in [1.807, 2.05) is 13.2 Å². The first kappa shape index (κ1) is 12.2. The Morgan fingerprint density at radius 2 is 2.06 bits per heavy atom. The summed E-state index contributed by atoms with van der Waals surface area (Å²) in [5, 5.41) is 3.25. The van der Waals surface area contributed by atoms with Crippen LogP contribution < -0.4 is 5.32 Å². The molecule has 2 aliphatic rings. The van der Waals surface area contributed by atoms with E-state index in [9.17, 15) is 0 Å². The molecule has 2 N–H and O–H groups in total. The van der Waals surface area contributed by atoms with Gasteiger partial charge in [-0.1, -0.05) is 0 Å². The van der Waals surface area contributed by atoms with Crippen molar-refractivity contribution in [3.63, 3.8) is 0 Å². The predicted octanol–water partition coefficient (Wildman–Crippen LogP) is 2.03. The minimum absolute atomic E-state index is 0.356. The van der Waals surface area contributed by atoms with Gasteiger partial charge in [-0.25, -0.2) is 4.98 Å². The maximum absolute atomic E-state index is 4.62. The van der Waals surface area contributed by atoms with Crippen molar-refractivity contribution in [1.82, 2.24) is 20.2 Å². The van der Waals surface area contributed by atoms with Gasteiger partial charge in [0, 0.05) is 30.2 Å². The first-order valence-corrected chi connectivity index (χ1v) is 7.13. The summed E-state index contributed by atoms with van der Waals surface area (Å²) >= 11 is 0. The molecule has 2 fully saturated rings. The van der Waals surface area contributed by atoms with Crippen molar-refractivity contribution >= 4 is 0 Å². The van der Waals surface area contributed by atoms with Gasteiger partial charge in [-0.15, -0.1) is 0 Å². The highest BCUT2D eigenvalue weighted by molar-refractivity contribution is 5.12. The molecule has 2 aliphatic heterocycles. The number of nitrogens with zero attached hydrogens (tertiary/aromatic N) is 2. The van der Waals surface area contributed by atoms with Crippen molar-refractivity contribution in [2.75, 3.05) is 14.1 Å². The number of aromatic amines is 1. The van der Waals surface area contributed by atoms with Crippen LogP contribution in [-0.2, 0) is 0 Å². The van der Waals surface area contributed by atoms with Gasteiger partial charge in [-0.2, -0.15) is 0 Å². The number of hydrogen-bond acceptors (Lipinski definition) is 3. The molecule has 0 radical (unpaired) electrons. The van der Waals surface area contributed by atoms with Crippen LogP contribution in [-0.4, -0.2) is 41.0 Å². The molecule has 0 aromatic carbocycles. The number of nitrogens with one attached hydrogen (secondary N) is 2. The fourth-order valence-electron chi connectivity index (χ4n) is 3.57. The van der Waals surface area contributed by atoms with Crippen LogP contribution in [0.15, 0.2) is 6.20 Å². The van der Waals surface area contributed by atoms with Crippen LogP contribution in [0.4, 0.5) is 0 Å². The molecule has 0 saturated carbocycles. The summed E-state index contributed by atoms with van der Waals surface area (Å²) < 4.78 is 0. The molecule has 3 unspecified atom stereocenters. The normalized spacial score (nSPS) is 33.8. The molecule has 3 rings (SSSR count). The Balaban J connectivity index is 1.74. The molecule has 0 spiro atoms. The van der Waals surface area contributed by atoms with Gasteiger partial charge >= 0.3 is 0 Å². The second-order valence-electron chi connectivity index (χ2n) is 5.95. The van der Waals surface area contributed by atoms with Crippen molar-refractivity contribution in [2.24, 2.45) is 0 Å². The molecular weight excluding hydrogens is 224 g/mol. The summed E-state index contributed by atoms with van der Waals surface area (Å²) in [5.74, 6) is 1.84. The average molecular weight is 248 g/mol. The van der Waals surface area contributed by atoms with Crippen LogP contribution in [0.1, 0.15) is 56.1 Å². The van der Waals surface area contributed by atoms with Gasteiger partial charge in [-0.3, -0.25) is 0 Å². The third-order valence-electron chi connectivity index (χ3n) is 5.00. The number of rotatable bonds is 3. The van der Waals surface area contributed by atoms with Crippen molar-refractivity contribution < 1.29 is 0 Å². The number of piperidine rings is 1. The van der Waals surface area contributed by atoms with Crippen LogP contribution in [0.25, 0.3) is 0 Å². The zero-order valence-electron chi connectivity index (χ0n) is 11.6. The van der Waals surface area contributed by atoms with Gasteiger partial charge in [-0.05, 0) is 46.7 Å². The summed E-state index contributed by atoms with van der Waals surface area (Å²) in [4.78, 5) is 10.7. The van der Waals surface area contributed by atoms with Gasteiger partial charge < -0.3 is 15.2 Å². The Hall–Kier alpha value is -0.870. The monoisotopic (exact) mass is 248 g/mol. The third-order valence-corrected chi connectivity index (χ3v) is 5.00. The Bertz CT molecular complexity index is 400. The molecule has 2 saturated heterocycles. The van der Waals surface area contributed by atoms with Crippen LogP contribution in [0.3, 0.4) is 0 Å². The lowest BCUT2D eigenvalue weighted by Crippen LogP contribution is -2.39. The summed E-state index contributed by atoms with van der Waals surface area (Å²) in [6.07, 6.45) is 7.29. The molecule has 1 aromatic heterocycles. The SMILES string of the molecule is CNC(C)c1cnc(C2CC3CCC(C2)N3C)[nH]1. The fraction of sp³-hybridized carbons (Fsp3) is 0.786.